The molecule has 1 amide bonds. The number of fused-ring (bicyclic) bond motifs is 3. The molecule has 0 aliphatic carbocycles. The van der Waals surface area contributed by atoms with E-state index in [1.165, 1.54) is 11.1 Å². The third-order valence-corrected chi connectivity index (χ3v) is 8.88. The molecule has 0 unspecified atom stereocenters. The Bertz CT molecular complexity index is 1580. The highest BCUT2D eigenvalue weighted by atomic mass is 16.5. The molecule has 3 aromatic carbocycles. The molecule has 198 valence electrons. The first kappa shape index (κ1) is 24.2. The van der Waals surface area contributed by atoms with E-state index in [1.54, 1.807) is 6.20 Å². The van der Waals surface area contributed by atoms with E-state index in [1.807, 2.05) is 42.2 Å². The number of hydrogen-bond acceptors (Lipinski definition) is 5. The number of anilines is 1. The minimum absolute atomic E-state index is 0.0583. The zero-order valence-electron chi connectivity index (χ0n) is 22.8. The molecule has 0 saturated carbocycles. The Balaban J connectivity index is 1.13. The molecule has 4 aromatic rings. The summed E-state index contributed by atoms with van der Waals surface area (Å²) in [5.41, 5.74) is 8.66. The topological polar surface area (TPSA) is 58.8 Å². The van der Waals surface area contributed by atoms with Crippen LogP contribution in [0, 0.1) is 13.8 Å². The minimum Gasteiger partial charge on any atom is -0.492 e. The first-order chi connectivity index (χ1) is 18.9. The highest BCUT2D eigenvalue weighted by Gasteiger charge is 2.44. The number of aryl methyl sites for hydroxylation is 2. The lowest BCUT2D eigenvalue weighted by molar-refractivity contribution is 0.0989. The van der Waals surface area contributed by atoms with Crippen LogP contribution in [-0.2, 0) is 11.8 Å². The Morgan fingerprint density at radius 1 is 0.949 bits per heavy atom. The third kappa shape index (κ3) is 4.05. The van der Waals surface area contributed by atoms with Gasteiger partial charge in [-0.3, -0.25) is 4.79 Å². The van der Waals surface area contributed by atoms with Crippen molar-refractivity contribution in [3.63, 3.8) is 0 Å². The summed E-state index contributed by atoms with van der Waals surface area (Å²) in [5.74, 6) is 2.51. The molecule has 6 heteroatoms. The Hall–Kier alpha value is -3.90. The summed E-state index contributed by atoms with van der Waals surface area (Å²) in [6.45, 7) is 7.61. The van der Waals surface area contributed by atoms with Crippen LogP contribution in [0.15, 0.2) is 65.2 Å². The van der Waals surface area contributed by atoms with Gasteiger partial charge in [-0.1, -0.05) is 18.2 Å². The first-order valence-corrected chi connectivity index (χ1v) is 13.8. The monoisotopic (exact) mass is 519 g/mol. The second-order valence-electron chi connectivity index (χ2n) is 11.4. The largest absolute Gasteiger partial charge is 0.492 e. The van der Waals surface area contributed by atoms with Gasteiger partial charge in [0.1, 0.15) is 11.5 Å². The van der Waals surface area contributed by atoms with Gasteiger partial charge in [0.25, 0.3) is 5.91 Å². The maximum absolute atomic E-state index is 13.7. The fraction of sp³-hybridized carbons (Fsp3) is 0.333. The van der Waals surface area contributed by atoms with E-state index in [9.17, 15) is 4.79 Å². The molecule has 39 heavy (non-hydrogen) atoms. The van der Waals surface area contributed by atoms with Crippen LogP contribution < -0.4 is 9.64 Å². The number of oxazole rings is 1. The summed E-state index contributed by atoms with van der Waals surface area (Å²) in [7, 11) is 2.19. The molecule has 3 aliphatic rings. The van der Waals surface area contributed by atoms with E-state index in [0.29, 0.717) is 18.0 Å². The van der Waals surface area contributed by atoms with E-state index in [2.05, 4.69) is 48.1 Å². The van der Waals surface area contributed by atoms with Crippen molar-refractivity contribution in [2.24, 2.45) is 0 Å². The second-order valence-corrected chi connectivity index (χ2v) is 11.4. The highest BCUT2D eigenvalue weighted by Crippen LogP contribution is 2.49. The number of amides is 1. The summed E-state index contributed by atoms with van der Waals surface area (Å²) in [6.07, 6.45) is 4.80. The minimum atomic E-state index is 0.0583. The summed E-state index contributed by atoms with van der Waals surface area (Å²) in [4.78, 5) is 22.4. The average Bonchev–Trinajstić information content (AvgIpc) is 3.66. The molecule has 3 aliphatic heterocycles. The van der Waals surface area contributed by atoms with Crippen molar-refractivity contribution >= 4 is 11.6 Å². The molecular formula is C33H33N3O3. The van der Waals surface area contributed by atoms with Gasteiger partial charge in [-0.05, 0) is 112 Å². The molecule has 0 atom stereocenters. The third-order valence-electron chi connectivity index (χ3n) is 8.88. The lowest BCUT2D eigenvalue weighted by Gasteiger charge is -2.37. The standard InChI is InChI=1S/C33H33N3O3/c1-21-16-26(31-34-19-22(2)39-31)8-9-27(21)23-4-6-24(7-5-23)32(37)36-13-10-25-17-30-28(18-29(25)36)33(20-38-30)11-14-35(3)15-12-33/h4-9,16-19H,10-15,20H2,1-3H3. The molecule has 1 aromatic heterocycles. The molecule has 1 saturated heterocycles. The lowest BCUT2D eigenvalue weighted by atomic mass is 9.74. The predicted molar refractivity (Wildman–Crippen MR) is 153 cm³/mol. The number of ether oxygens (including phenoxy) is 1. The summed E-state index contributed by atoms with van der Waals surface area (Å²) >= 11 is 0. The van der Waals surface area contributed by atoms with Crippen molar-refractivity contribution in [3.05, 3.63) is 88.8 Å². The van der Waals surface area contributed by atoms with Crippen molar-refractivity contribution in [1.29, 1.82) is 0 Å². The molecule has 0 radical (unpaired) electrons. The van der Waals surface area contributed by atoms with E-state index in [-0.39, 0.29) is 11.3 Å². The Morgan fingerprint density at radius 3 is 2.44 bits per heavy atom. The van der Waals surface area contributed by atoms with E-state index >= 15 is 0 Å². The van der Waals surface area contributed by atoms with Gasteiger partial charge in [0.2, 0.25) is 5.89 Å². The molecule has 0 bridgehead atoms. The average molecular weight is 520 g/mol. The van der Waals surface area contributed by atoms with Gasteiger partial charge in [-0.15, -0.1) is 0 Å². The molecule has 4 heterocycles. The second kappa shape index (κ2) is 9.09. The molecule has 7 rings (SSSR count). The van der Waals surface area contributed by atoms with Gasteiger partial charge in [-0.2, -0.15) is 0 Å². The number of carbonyl (C=O) groups is 1. The van der Waals surface area contributed by atoms with Crippen LogP contribution in [0.25, 0.3) is 22.6 Å². The van der Waals surface area contributed by atoms with E-state index in [4.69, 9.17) is 9.15 Å². The lowest BCUT2D eigenvalue weighted by Crippen LogP contribution is -2.42. The molecule has 6 nitrogen and oxygen atoms in total. The number of aromatic nitrogens is 1. The van der Waals surface area contributed by atoms with Crippen LogP contribution in [0.2, 0.25) is 0 Å². The van der Waals surface area contributed by atoms with Gasteiger partial charge >= 0.3 is 0 Å². The highest BCUT2D eigenvalue weighted by molar-refractivity contribution is 6.07. The number of carbonyl (C=O) groups excluding carboxylic acids is 1. The van der Waals surface area contributed by atoms with E-state index < -0.39 is 0 Å². The number of piperidine rings is 1. The Kier molecular flexibility index (Phi) is 5.63. The van der Waals surface area contributed by atoms with Crippen LogP contribution in [0.4, 0.5) is 5.69 Å². The first-order valence-electron chi connectivity index (χ1n) is 13.8. The fourth-order valence-corrected chi connectivity index (χ4v) is 6.47. The number of nitrogens with zero attached hydrogens (tertiary/aromatic N) is 3. The Morgan fingerprint density at radius 2 is 1.72 bits per heavy atom. The van der Waals surface area contributed by atoms with Crippen molar-refractivity contribution in [2.45, 2.75) is 38.5 Å². The maximum Gasteiger partial charge on any atom is 0.258 e. The van der Waals surface area contributed by atoms with Crippen LogP contribution in [0.1, 0.15) is 45.7 Å². The zero-order chi connectivity index (χ0) is 26.7. The summed E-state index contributed by atoms with van der Waals surface area (Å²) in [6, 6.07) is 18.7. The van der Waals surface area contributed by atoms with Crippen LogP contribution in [0.3, 0.4) is 0 Å². The molecule has 1 fully saturated rings. The van der Waals surface area contributed by atoms with Gasteiger partial charge in [-0.25, -0.2) is 4.98 Å². The quantitative estimate of drug-likeness (QED) is 0.323. The number of likely N-dealkylation sites (tertiary alicyclic amines) is 1. The van der Waals surface area contributed by atoms with Gasteiger partial charge in [0.05, 0.1) is 12.8 Å². The van der Waals surface area contributed by atoms with Crippen LogP contribution >= 0.6 is 0 Å². The fourth-order valence-electron chi connectivity index (χ4n) is 6.47. The maximum atomic E-state index is 13.7. The SMILES string of the molecule is Cc1cnc(-c2ccc(-c3ccc(C(=O)N4CCc5cc6c(cc54)C4(CCN(C)CC4)CO6)cc3)c(C)c2)o1. The van der Waals surface area contributed by atoms with E-state index in [0.717, 1.165) is 78.4 Å². The normalized spacial score (nSPS) is 17.8. The van der Waals surface area contributed by atoms with Crippen molar-refractivity contribution in [3.8, 4) is 28.3 Å². The number of hydrogen-bond donors (Lipinski definition) is 0. The molecule has 0 N–H and O–H groups in total. The van der Waals surface area contributed by atoms with Crippen molar-refractivity contribution in [2.75, 3.05) is 38.2 Å². The van der Waals surface area contributed by atoms with Gasteiger partial charge in [0.15, 0.2) is 0 Å². The molecular weight excluding hydrogens is 486 g/mol. The van der Waals surface area contributed by atoms with Gasteiger partial charge in [0, 0.05) is 34.3 Å². The van der Waals surface area contributed by atoms with Gasteiger partial charge < -0.3 is 19.0 Å². The number of rotatable bonds is 3. The Labute approximate surface area is 229 Å². The number of benzene rings is 3. The summed E-state index contributed by atoms with van der Waals surface area (Å²) in [5, 5.41) is 0. The molecule has 1 spiro atoms. The zero-order valence-corrected chi connectivity index (χ0v) is 22.8. The predicted octanol–water partition coefficient (Wildman–Crippen LogP) is 6.18. The van der Waals surface area contributed by atoms with Crippen molar-refractivity contribution < 1.29 is 13.9 Å². The van der Waals surface area contributed by atoms with Crippen LogP contribution in [-0.4, -0.2) is 49.1 Å². The van der Waals surface area contributed by atoms with Crippen LogP contribution in [0.5, 0.6) is 5.75 Å². The van der Waals surface area contributed by atoms with Crippen molar-refractivity contribution in [1.82, 2.24) is 9.88 Å². The smallest absolute Gasteiger partial charge is 0.258 e. The summed E-state index contributed by atoms with van der Waals surface area (Å²) < 4.78 is 11.9.